The van der Waals surface area contributed by atoms with Crippen LogP contribution in [0.5, 0.6) is 11.5 Å². The van der Waals surface area contributed by atoms with Gasteiger partial charge in [-0.05, 0) is 117 Å². The van der Waals surface area contributed by atoms with E-state index in [2.05, 4.69) is 236 Å². The van der Waals surface area contributed by atoms with Crippen molar-refractivity contribution >= 4 is 44.6 Å². The lowest BCUT2D eigenvalue weighted by molar-refractivity contribution is 0.483. The number of aromatic nitrogens is 2. The lowest BCUT2D eigenvalue weighted by atomic mass is 9.78. The molecule has 2 aromatic heterocycles. The minimum absolute atomic E-state index is 0.0157. The van der Waals surface area contributed by atoms with Crippen molar-refractivity contribution < 1.29 is 4.74 Å². The predicted molar refractivity (Wildman–Crippen MR) is 262 cm³/mol. The van der Waals surface area contributed by atoms with Crippen molar-refractivity contribution in [1.82, 2.24) is 9.55 Å². The average molecular weight is 817 g/mol. The molecule has 1 aliphatic heterocycles. The molecule has 0 unspecified atom stereocenters. The van der Waals surface area contributed by atoms with Gasteiger partial charge in [-0.15, -0.1) is 0 Å². The van der Waals surface area contributed by atoms with Crippen LogP contribution in [0.4, 0.5) is 22.7 Å². The molecule has 0 aliphatic carbocycles. The molecule has 9 rings (SSSR count). The maximum absolute atomic E-state index is 6.84. The molecule has 0 spiro atoms. The van der Waals surface area contributed by atoms with Crippen LogP contribution in [0.25, 0.3) is 27.6 Å². The SMILES string of the molecule is CC(C)(C)c1cccc(N2CN(c3cccc(Oc4ccc5c6cc(C(C)(C)C)ccc6n(-c6cc(C(C)(C)C)ccn6)c5c4)c3)c3cc(C(C)(C)c4ccccc4)ccc32)c1. The third-order valence-corrected chi connectivity index (χ3v) is 12.9. The van der Waals surface area contributed by atoms with Crippen LogP contribution in [0.15, 0.2) is 152 Å². The summed E-state index contributed by atoms with van der Waals surface area (Å²) in [5.74, 6) is 2.46. The minimum atomic E-state index is -0.189. The molecule has 1 aliphatic rings. The van der Waals surface area contributed by atoms with Gasteiger partial charge in [0.1, 0.15) is 24.0 Å². The molecule has 0 atom stereocenters. The molecule has 0 N–H and O–H groups in total. The summed E-state index contributed by atoms with van der Waals surface area (Å²) in [6.07, 6.45) is 1.94. The van der Waals surface area contributed by atoms with E-state index in [1.54, 1.807) is 0 Å². The second-order valence-corrected chi connectivity index (χ2v) is 20.7. The zero-order valence-corrected chi connectivity index (χ0v) is 38.3. The van der Waals surface area contributed by atoms with E-state index in [4.69, 9.17) is 9.72 Å². The number of anilines is 4. The number of pyridine rings is 1. The van der Waals surface area contributed by atoms with E-state index in [0.29, 0.717) is 6.67 Å². The summed E-state index contributed by atoms with van der Waals surface area (Å²) in [4.78, 5) is 9.82. The molecule has 5 heteroatoms. The fourth-order valence-electron chi connectivity index (χ4n) is 8.89. The van der Waals surface area contributed by atoms with Crippen LogP contribution >= 0.6 is 0 Å². The van der Waals surface area contributed by atoms with Crippen molar-refractivity contribution in [2.75, 3.05) is 16.5 Å². The highest BCUT2D eigenvalue weighted by Gasteiger charge is 2.32. The summed E-state index contributed by atoms with van der Waals surface area (Å²) in [7, 11) is 0. The number of rotatable bonds is 7. The third kappa shape index (κ3) is 7.52. The zero-order valence-electron chi connectivity index (χ0n) is 38.3. The standard InChI is InChI=1S/C57H60N4O/c1-54(2,3)39-19-15-20-43(31-39)59-37-60(52-33-42(24-28-50(52)59)57(10,11)38-17-13-12-14-18-38)44-21-16-22-45(35-44)62-46-25-26-47-48-32-40(55(4,5)6)23-27-49(48)61(51(47)36-46)53-34-41(29-30-58-53)56(7,8)9/h12-36H,37H2,1-11H3. The average Bonchev–Trinajstić information content (AvgIpc) is 3.78. The lowest BCUT2D eigenvalue weighted by Gasteiger charge is -2.28. The second kappa shape index (κ2) is 14.9. The van der Waals surface area contributed by atoms with Gasteiger partial charge in [-0.2, -0.15) is 0 Å². The quantitative estimate of drug-likeness (QED) is 0.160. The van der Waals surface area contributed by atoms with Gasteiger partial charge in [-0.3, -0.25) is 4.57 Å². The van der Waals surface area contributed by atoms with Crippen LogP contribution in [0.3, 0.4) is 0 Å². The number of ether oxygens (including phenoxy) is 1. The summed E-state index contributed by atoms with van der Waals surface area (Å²) < 4.78 is 9.14. The Kier molecular flexibility index (Phi) is 9.89. The second-order valence-electron chi connectivity index (χ2n) is 20.7. The van der Waals surface area contributed by atoms with Crippen molar-refractivity contribution in [1.29, 1.82) is 0 Å². The zero-order chi connectivity index (χ0) is 43.8. The van der Waals surface area contributed by atoms with Gasteiger partial charge in [-0.1, -0.05) is 137 Å². The maximum Gasteiger partial charge on any atom is 0.137 e. The van der Waals surface area contributed by atoms with Gasteiger partial charge in [-0.25, -0.2) is 4.98 Å². The molecule has 62 heavy (non-hydrogen) atoms. The fourth-order valence-corrected chi connectivity index (χ4v) is 8.89. The molecule has 0 saturated heterocycles. The van der Waals surface area contributed by atoms with E-state index < -0.39 is 0 Å². The summed E-state index contributed by atoms with van der Waals surface area (Å²) in [5.41, 5.74) is 13.1. The summed E-state index contributed by atoms with van der Waals surface area (Å²) in [6.45, 7) is 25.7. The third-order valence-electron chi connectivity index (χ3n) is 12.9. The number of hydrogen-bond acceptors (Lipinski definition) is 4. The first-order chi connectivity index (χ1) is 29.4. The van der Waals surface area contributed by atoms with Crippen molar-refractivity contribution in [3.05, 3.63) is 180 Å². The molecule has 0 radical (unpaired) electrons. The van der Waals surface area contributed by atoms with Gasteiger partial charge in [0.05, 0.1) is 22.4 Å². The first-order valence-electron chi connectivity index (χ1n) is 22.1. The van der Waals surface area contributed by atoms with Gasteiger partial charge in [0, 0.05) is 45.9 Å². The van der Waals surface area contributed by atoms with Crippen LogP contribution in [-0.4, -0.2) is 16.2 Å². The Morgan fingerprint density at radius 1 is 0.435 bits per heavy atom. The highest BCUT2D eigenvalue weighted by Crippen LogP contribution is 2.48. The van der Waals surface area contributed by atoms with Gasteiger partial charge in [0.25, 0.3) is 0 Å². The molecule has 0 bridgehead atoms. The van der Waals surface area contributed by atoms with Gasteiger partial charge in [0.15, 0.2) is 0 Å². The molecule has 0 amide bonds. The van der Waals surface area contributed by atoms with Gasteiger partial charge in [0.2, 0.25) is 0 Å². The number of nitrogens with zero attached hydrogens (tertiary/aromatic N) is 4. The summed E-state index contributed by atoms with van der Waals surface area (Å²) in [6, 6.07) is 53.1. The Morgan fingerprint density at radius 2 is 1.05 bits per heavy atom. The Hall–Kier alpha value is -6.33. The largest absolute Gasteiger partial charge is 0.457 e. The monoisotopic (exact) mass is 816 g/mol. The van der Waals surface area contributed by atoms with Gasteiger partial charge >= 0.3 is 0 Å². The minimum Gasteiger partial charge on any atom is -0.457 e. The molecular weight excluding hydrogens is 757 g/mol. The smallest absolute Gasteiger partial charge is 0.137 e. The normalized spacial score (nSPS) is 13.6. The van der Waals surface area contributed by atoms with Gasteiger partial charge < -0.3 is 14.5 Å². The van der Waals surface area contributed by atoms with E-state index in [0.717, 1.165) is 34.0 Å². The molecule has 8 aromatic rings. The van der Waals surface area contributed by atoms with Crippen molar-refractivity contribution in [3.63, 3.8) is 0 Å². The number of fused-ring (bicyclic) bond motifs is 4. The van der Waals surface area contributed by atoms with E-state index in [1.165, 1.54) is 55.7 Å². The summed E-state index contributed by atoms with van der Waals surface area (Å²) >= 11 is 0. The molecular formula is C57H60N4O. The lowest BCUT2D eigenvalue weighted by Crippen LogP contribution is -2.24. The predicted octanol–water partition coefficient (Wildman–Crippen LogP) is 15.4. The van der Waals surface area contributed by atoms with E-state index in [-0.39, 0.29) is 21.7 Å². The Bertz CT molecular complexity index is 2950. The number of hydrogen-bond donors (Lipinski definition) is 0. The van der Waals surface area contributed by atoms with Crippen molar-refractivity contribution in [2.45, 2.75) is 97.8 Å². The summed E-state index contributed by atoms with van der Waals surface area (Å²) in [5, 5.41) is 2.39. The van der Waals surface area contributed by atoms with E-state index >= 15 is 0 Å². The van der Waals surface area contributed by atoms with Crippen molar-refractivity contribution in [2.24, 2.45) is 0 Å². The number of benzene rings is 6. The molecule has 314 valence electrons. The highest BCUT2D eigenvalue weighted by molar-refractivity contribution is 6.09. The van der Waals surface area contributed by atoms with E-state index in [9.17, 15) is 0 Å². The van der Waals surface area contributed by atoms with Crippen LogP contribution in [0, 0.1) is 0 Å². The fraction of sp³-hybridized carbons (Fsp3) is 0.281. The van der Waals surface area contributed by atoms with Crippen LogP contribution in [-0.2, 0) is 21.7 Å². The van der Waals surface area contributed by atoms with Crippen molar-refractivity contribution in [3.8, 4) is 17.3 Å². The Labute approximate surface area is 368 Å². The molecule has 5 nitrogen and oxygen atoms in total. The molecule has 6 aromatic carbocycles. The van der Waals surface area contributed by atoms with Crippen LogP contribution in [0.1, 0.15) is 104 Å². The maximum atomic E-state index is 6.84. The highest BCUT2D eigenvalue weighted by atomic mass is 16.5. The van der Waals surface area contributed by atoms with E-state index in [1.807, 2.05) is 6.20 Å². The Morgan fingerprint density at radius 3 is 1.77 bits per heavy atom. The van der Waals surface area contributed by atoms with Crippen LogP contribution in [0.2, 0.25) is 0 Å². The molecule has 3 heterocycles. The topological polar surface area (TPSA) is 33.5 Å². The molecule has 0 fully saturated rings. The van der Waals surface area contributed by atoms with Crippen LogP contribution < -0.4 is 14.5 Å². The Balaban J connectivity index is 1.12. The molecule has 0 saturated carbocycles. The first kappa shape index (κ1) is 41.0. The first-order valence-corrected chi connectivity index (χ1v) is 22.1.